The Morgan fingerprint density at radius 3 is 2.79 bits per heavy atom. The number of hydrogen-bond donors (Lipinski definition) is 1. The molecule has 0 aliphatic carbocycles. The number of benzene rings is 1. The van der Waals surface area contributed by atoms with Crippen molar-refractivity contribution in [2.75, 3.05) is 7.11 Å². The van der Waals surface area contributed by atoms with Gasteiger partial charge in [0.2, 0.25) is 0 Å². The lowest BCUT2D eigenvalue weighted by Gasteiger charge is -2.06. The van der Waals surface area contributed by atoms with Crippen LogP contribution in [0.15, 0.2) is 52.1 Å². The Bertz CT molecular complexity index is 1170. The molecule has 28 heavy (non-hydrogen) atoms. The average Bonchev–Trinajstić information content (AvgIpc) is 3.16. The highest BCUT2D eigenvalue weighted by atomic mass is 32.1. The highest BCUT2D eigenvalue weighted by molar-refractivity contribution is 7.20. The molecule has 0 fully saturated rings. The molecule has 0 aliphatic rings. The molecule has 0 saturated carbocycles. The second kappa shape index (κ2) is 8.26. The van der Waals surface area contributed by atoms with E-state index in [2.05, 4.69) is 5.32 Å². The molecule has 0 unspecified atom stereocenters. The molecular formula is C20H21N3O4S. The minimum atomic E-state index is -0.402. The molecule has 0 bridgehead atoms. The number of thiophene rings is 1. The van der Waals surface area contributed by atoms with E-state index in [-0.39, 0.29) is 18.0 Å². The van der Waals surface area contributed by atoms with Crippen molar-refractivity contribution in [2.45, 2.75) is 20.0 Å². The Kier molecular flexibility index (Phi) is 5.79. The summed E-state index contributed by atoms with van der Waals surface area (Å²) in [6.07, 6.45) is 3.52. The number of carbonyl (C=O) groups excluding carboxylic acids is 1. The maximum atomic E-state index is 12.7. The van der Waals surface area contributed by atoms with E-state index in [0.29, 0.717) is 27.4 Å². The van der Waals surface area contributed by atoms with Crippen LogP contribution in [-0.4, -0.2) is 22.2 Å². The van der Waals surface area contributed by atoms with Gasteiger partial charge in [-0.1, -0.05) is 24.3 Å². The fraction of sp³-hybridized carbons (Fsp3) is 0.250. The molecule has 8 heteroatoms. The SMILES string of the molecule is C/C=C/Cn1c(=O)c2cc(C(=O)NCc3cccc(OC)c3)sc2n(C)c1=O. The number of amides is 1. The number of aryl methyl sites for hydroxylation is 1. The Morgan fingerprint density at radius 2 is 2.07 bits per heavy atom. The van der Waals surface area contributed by atoms with Crippen LogP contribution in [0.5, 0.6) is 5.75 Å². The largest absolute Gasteiger partial charge is 0.497 e. The number of methoxy groups -OCH3 is 1. The smallest absolute Gasteiger partial charge is 0.332 e. The van der Waals surface area contributed by atoms with Crippen LogP contribution in [0.3, 0.4) is 0 Å². The first-order valence-electron chi connectivity index (χ1n) is 8.72. The number of nitrogens with one attached hydrogen (secondary N) is 1. The van der Waals surface area contributed by atoms with Gasteiger partial charge in [0, 0.05) is 20.1 Å². The summed E-state index contributed by atoms with van der Waals surface area (Å²) in [6.45, 7) is 2.35. The summed E-state index contributed by atoms with van der Waals surface area (Å²) in [5.41, 5.74) is 0.106. The van der Waals surface area contributed by atoms with E-state index in [1.54, 1.807) is 32.4 Å². The number of rotatable bonds is 6. The van der Waals surface area contributed by atoms with E-state index in [9.17, 15) is 14.4 Å². The van der Waals surface area contributed by atoms with Gasteiger partial charge in [0.25, 0.3) is 11.5 Å². The van der Waals surface area contributed by atoms with Crippen LogP contribution in [0.4, 0.5) is 0 Å². The number of hydrogen-bond acceptors (Lipinski definition) is 5. The van der Waals surface area contributed by atoms with Crippen molar-refractivity contribution >= 4 is 27.5 Å². The van der Waals surface area contributed by atoms with Crippen molar-refractivity contribution < 1.29 is 9.53 Å². The number of aromatic nitrogens is 2. The van der Waals surface area contributed by atoms with Gasteiger partial charge in [0.1, 0.15) is 10.6 Å². The van der Waals surface area contributed by atoms with Gasteiger partial charge in [-0.15, -0.1) is 11.3 Å². The topological polar surface area (TPSA) is 82.3 Å². The van der Waals surface area contributed by atoms with Crippen molar-refractivity contribution in [3.05, 3.63) is 73.8 Å². The van der Waals surface area contributed by atoms with Gasteiger partial charge in [-0.2, -0.15) is 0 Å². The average molecular weight is 399 g/mol. The third kappa shape index (κ3) is 3.77. The zero-order chi connectivity index (χ0) is 20.3. The van der Waals surface area contributed by atoms with Gasteiger partial charge in [-0.25, -0.2) is 4.79 Å². The monoisotopic (exact) mass is 399 g/mol. The zero-order valence-corrected chi connectivity index (χ0v) is 16.7. The Hall–Kier alpha value is -3.13. The van der Waals surface area contributed by atoms with Crippen LogP contribution in [0.1, 0.15) is 22.2 Å². The van der Waals surface area contributed by atoms with Crippen LogP contribution >= 0.6 is 11.3 Å². The standard InChI is InChI=1S/C20H21N3O4S/c1-4-5-9-23-18(25)15-11-16(28-19(15)22(2)20(23)26)17(24)21-12-13-7-6-8-14(10-13)27-3/h4-8,10-11H,9,12H2,1-3H3,(H,21,24)/b5-4+. The van der Waals surface area contributed by atoms with Gasteiger partial charge < -0.3 is 10.1 Å². The molecule has 7 nitrogen and oxygen atoms in total. The normalized spacial score (nSPS) is 11.2. The quantitative estimate of drug-likeness (QED) is 0.645. The first-order valence-corrected chi connectivity index (χ1v) is 9.53. The fourth-order valence-corrected chi connectivity index (χ4v) is 3.84. The van der Waals surface area contributed by atoms with E-state index in [1.165, 1.54) is 4.57 Å². The first kappa shape index (κ1) is 19.6. The molecule has 2 aromatic heterocycles. The van der Waals surface area contributed by atoms with Crippen molar-refractivity contribution in [1.82, 2.24) is 14.5 Å². The van der Waals surface area contributed by atoms with Gasteiger partial charge in [-0.05, 0) is 30.7 Å². The lowest BCUT2D eigenvalue weighted by Crippen LogP contribution is -2.38. The molecule has 0 aliphatic heterocycles. The fourth-order valence-electron chi connectivity index (χ4n) is 2.82. The Morgan fingerprint density at radius 1 is 1.29 bits per heavy atom. The maximum Gasteiger partial charge on any atom is 0.332 e. The lowest BCUT2D eigenvalue weighted by atomic mass is 10.2. The number of carbonyl (C=O) groups is 1. The third-order valence-corrected chi connectivity index (χ3v) is 5.56. The molecule has 3 rings (SSSR count). The van der Waals surface area contributed by atoms with Crippen molar-refractivity contribution in [3.63, 3.8) is 0 Å². The van der Waals surface area contributed by atoms with E-state index in [4.69, 9.17) is 4.74 Å². The molecular weight excluding hydrogens is 378 g/mol. The summed E-state index contributed by atoms with van der Waals surface area (Å²) in [4.78, 5) is 38.6. The predicted molar refractivity (Wildman–Crippen MR) is 110 cm³/mol. The summed E-state index contributed by atoms with van der Waals surface area (Å²) in [5, 5.41) is 3.20. The number of allylic oxidation sites excluding steroid dienone is 2. The number of ether oxygens (including phenoxy) is 1. The molecule has 1 aromatic carbocycles. The summed E-state index contributed by atoms with van der Waals surface area (Å²) >= 11 is 1.13. The minimum absolute atomic E-state index is 0.200. The van der Waals surface area contributed by atoms with Gasteiger partial charge in [-0.3, -0.25) is 18.7 Å². The third-order valence-electron chi connectivity index (χ3n) is 4.35. The van der Waals surface area contributed by atoms with Gasteiger partial charge in [0.05, 0.1) is 17.4 Å². The molecule has 0 atom stereocenters. The molecule has 0 saturated heterocycles. The second-order valence-electron chi connectivity index (χ2n) is 6.19. The van der Waals surface area contributed by atoms with Gasteiger partial charge >= 0.3 is 5.69 Å². The Balaban J connectivity index is 1.90. The predicted octanol–water partition coefficient (Wildman–Crippen LogP) is 2.28. The molecule has 0 radical (unpaired) electrons. The Labute approximate surface area is 165 Å². The van der Waals surface area contributed by atoms with E-state index < -0.39 is 5.69 Å². The summed E-state index contributed by atoms with van der Waals surface area (Å²) < 4.78 is 7.74. The van der Waals surface area contributed by atoms with Crippen LogP contribution in [0.2, 0.25) is 0 Å². The lowest BCUT2D eigenvalue weighted by molar-refractivity contribution is 0.0955. The highest BCUT2D eigenvalue weighted by Crippen LogP contribution is 2.22. The van der Waals surface area contributed by atoms with Crippen molar-refractivity contribution in [2.24, 2.45) is 7.05 Å². The molecule has 1 amide bonds. The highest BCUT2D eigenvalue weighted by Gasteiger charge is 2.17. The van der Waals surface area contributed by atoms with Crippen LogP contribution < -0.4 is 21.3 Å². The number of fused-ring (bicyclic) bond motifs is 1. The van der Waals surface area contributed by atoms with Crippen molar-refractivity contribution in [1.29, 1.82) is 0 Å². The molecule has 1 N–H and O–H groups in total. The second-order valence-corrected chi connectivity index (χ2v) is 7.22. The van der Waals surface area contributed by atoms with Crippen LogP contribution in [0.25, 0.3) is 10.2 Å². The number of nitrogens with zero attached hydrogens (tertiary/aromatic N) is 2. The summed E-state index contributed by atoms with van der Waals surface area (Å²) in [5.74, 6) is 0.418. The van der Waals surface area contributed by atoms with E-state index in [0.717, 1.165) is 21.5 Å². The summed E-state index contributed by atoms with van der Waals surface area (Å²) in [7, 11) is 3.19. The van der Waals surface area contributed by atoms with Gasteiger partial charge in [0.15, 0.2) is 0 Å². The van der Waals surface area contributed by atoms with Crippen LogP contribution in [-0.2, 0) is 20.1 Å². The first-order chi connectivity index (χ1) is 13.5. The van der Waals surface area contributed by atoms with Crippen LogP contribution in [0, 0.1) is 0 Å². The molecule has 0 spiro atoms. The maximum absolute atomic E-state index is 12.7. The van der Waals surface area contributed by atoms with E-state index >= 15 is 0 Å². The summed E-state index contributed by atoms with van der Waals surface area (Å²) in [6, 6.07) is 8.96. The molecule has 146 valence electrons. The van der Waals surface area contributed by atoms with E-state index in [1.807, 2.05) is 31.2 Å². The molecule has 3 aromatic rings. The minimum Gasteiger partial charge on any atom is -0.497 e. The molecule has 2 heterocycles. The zero-order valence-electron chi connectivity index (χ0n) is 15.9. The van der Waals surface area contributed by atoms with Crippen molar-refractivity contribution in [3.8, 4) is 5.75 Å².